The molecule has 1 aliphatic heterocycles. The van der Waals surface area contributed by atoms with Crippen LogP contribution >= 0.6 is 0 Å². The van der Waals surface area contributed by atoms with Gasteiger partial charge in [0.15, 0.2) is 5.78 Å². The quantitative estimate of drug-likeness (QED) is 0.405. The minimum atomic E-state index is -0.137. The Morgan fingerprint density at radius 2 is 1.65 bits per heavy atom. The van der Waals surface area contributed by atoms with Gasteiger partial charge in [0.25, 0.3) is 0 Å². The fraction of sp³-hybridized carbons (Fsp3) is 0.452. The van der Waals surface area contributed by atoms with E-state index in [1.54, 1.807) is 0 Å². The Hall–Kier alpha value is -2.81. The highest BCUT2D eigenvalue weighted by Crippen LogP contribution is 2.54. The zero-order valence-electron chi connectivity index (χ0n) is 21.8. The molecule has 2 heterocycles. The molecular formula is C31H37NO2. The van der Waals surface area contributed by atoms with E-state index >= 15 is 0 Å². The number of Topliss-reactive ketones (excluding diaryl/α,β-unsaturated/α-hetero) is 1. The molecule has 0 saturated heterocycles. The van der Waals surface area contributed by atoms with E-state index in [0.717, 1.165) is 40.1 Å². The highest BCUT2D eigenvalue weighted by Gasteiger charge is 2.44. The van der Waals surface area contributed by atoms with Crippen molar-refractivity contribution in [3.05, 3.63) is 76.2 Å². The molecule has 3 aromatic rings. The number of aromatic nitrogens is 1. The Bertz CT molecular complexity index is 1340. The van der Waals surface area contributed by atoms with Crippen molar-refractivity contribution in [1.82, 2.24) is 4.98 Å². The van der Waals surface area contributed by atoms with Gasteiger partial charge in [0.2, 0.25) is 0 Å². The summed E-state index contributed by atoms with van der Waals surface area (Å²) < 4.78 is 6.76. The zero-order chi connectivity index (χ0) is 24.6. The van der Waals surface area contributed by atoms with E-state index in [0.29, 0.717) is 6.42 Å². The van der Waals surface area contributed by atoms with Crippen molar-refractivity contribution >= 4 is 16.7 Å². The number of carbonyl (C=O) groups is 1. The summed E-state index contributed by atoms with van der Waals surface area (Å²) in [6.45, 7) is 17.8. The number of H-pyrrole nitrogens is 1. The third-order valence-corrected chi connectivity index (χ3v) is 7.43. The molecule has 2 aromatic carbocycles. The molecular weight excluding hydrogens is 418 g/mol. The lowest BCUT2D eigenvalue weighted by Gasteiger charge is -2.40. The summed E-state index contributed by atoms with van der Waals surface area (Å²) in [5.74, 6) is 1.88. The molecule has 3 heteroatoms. The molecule has 0 spiro atoms. The van der Waals surface area contributed by atoms with Crippen molar-refractivity contribution in [3.8, 4) is 5.75 Å². The van der Waals surface area contributed by atoms with Gasteiger partial charge in [-0.1, -0.05) is 85.7 Å². The maximum absolute atomic E-state index is 13.7. The molecule has 34 heavy (non-hydrogen) atoms. The van der Waals surface area contributed by atoms with Crippen molar-refractivity contribution in [2.24, 2.45) is 5.41 Å². The molecule has 0 amide bonds. The molecule has 0 radical (unpaired) electrons. The number of aromatic amines is 1. The number of carbonyl (C=O) groups excluding carboxylic acids is 1. The van der Waals surface area contributed by atoms with Crippen molar-refractivity contribution < 1.29 is 9.53 Å². The Balaban J connectivity index is 1.87. The SMILES string of the molecule is CC1(C)CC(=O)C2=C(C1)Oc1c(cc(C(C)(C)C)cc1C(C)(C)C)C2c1c[nH]c2ccccc12. The van der Waals surface area contributed by atoms with Gasteiger partial charge in [-0.3, -0.25) is 4.79 Å². The van der Waals surface area contributed by atoms with Gasteiger partial charge < -0.3 is 9.72 Å². The molecule has 0 fully saturated rings. The topological polar surface area (TPSA) is 42.1 Å². The summed E-state index contributed by atoms with van der Waals surface area (Å²) in [5, 5.41) is 1.17. The Kier molecular flexibility index (Phi) is 4.96. The van der Waals surface area contributed by atoms with Gasteiger partial charge in [-0.25, -0.2) is 0 Å². The second-order valence-electron chi connectivity index (χ2n) is 13.0. The second-order valence-corrected chi connectivity index (χ2v) is 13.0. The van der Waals surface area contributed by atoms with Gasteiger partial charge in [0.1, 0.15) is 11.5 Å². The molecule has 1 unspecified atom stereocenters. The lowest BCUT2D eigenvalue weighted by molar-refractivity contribution is -0.118. The summed E-state index contributed by atoms with van der Waals surface area (Å²) in [6, 6.07) is 13.0. The predicted octanol–water partition coefficient (Wildman–Crippen LogP) is 7.93. The Labute approximate surface area is 203 Å². The van der Waals surface area contributed by atoms with Crippen molar-refractivity contribution in [2.45, 2.75) is 85.0 Å². The summed E-state index contributed by atoms with van der Waals surface area (Å²) >= 11 is 0. The summed E-state index contributed by atoms with van der Waals surface area (Å²) in [6.07, 6.45) is 3.42. The number of rotatable bonds is 1. The summed E-state index contributed by atoms with van der Waals surface area (Å²) in [7, 11) is 0. The average Bonchev–Trinajstić information content (AvgIpc) is 3.13. The number of hydrogen-bond acceptors (Lipinski definition) is 2. The van der Waals surface area contributed by atoms with Crippen molar-refractivity contribution in [3.63, 3.8) is 0 Å². The van der Waals surface area contributed by atoms with Crippen LogP contribution in [0, 0.1) is 5.41 Å². The lowest BCUT2D eigenvalue weighted by Crippen LogP contribution is -2.34. The monoisotopic (exact) mass is 455 g/mol. The van der Waals surface area contributed by atoms with Crippen molar-refractivity contribution in [2.75, 3.05) is 0 Å². The van der Waals surface area contributed by atoms with Gasteiger partial charge >= 0.3 is 0 Å². The second kappa shape index (κ2) is 7.34. The number of para-hydroxylation sites is 1. The van der Waals surface area contributed by atoms with E-state index in [1.807, 2.05) is 0 Å². The maximum Gasteiger partial charge on any atom is 0.163 e. The van der Waals surface area contributed by atoms with E-state index in [4.69, 9.17) is 4.74 Å². The third-order valence-electron chi connectivity index (χ3n) is 7.43. The number of benzene rings is 2. The first kappa shape index (κ1) is 23.0. The van der Waals surface area contributed by atoms with Gasteiger partial charge in [-0.05, 0) is 33.4 Å². The molecule has 1 aromatic heterocycles. The highest BCUT2D eigenvalue weighted by molar-refractivity contribution is 6.01. The van der Waals surface area contributed by atoms with Crippen molar-refractivity contribution in [1.29, 1.82) is 0 Å². The first-order valence-corrected chi connectivity index (χ1v) is 12.5. The van der Waals surface area contributed by atoms with Crippen LogP contribution in [0.1, 0.15) is 96.4 Å². The van der Waals surface area contributed by atoms with Crippen LogP contribution in [0.25, 0.3) is 10.9 Å². The Morgan fingerprint density at radius 1 is 0.941 bits per heavy atom. The first-order chi connectivity index (χ1) is 15.8. The molecule has 1 atom stereocenters. The minimum absolute atomic E-state index is 0.0208. The molecule has 178 valence electrons. The fourth-order valence-electron chi connectivity index (χ4n) is 5.60. The van der Waals surface area contributed by atoms with Crippen LogP contribution in [-0.4, -0.2) is 10.8 Å². The summed E-state index contributed by atoms with van der Waals surface area (Å²) in [5.41, 5.74) is 6.49. The molecule has 1 N–H and O–H groups in total. The van der Waals surface area contributed by atoms with E-state index in [-0.39, 0.29) is 27.9 Å². The number of fused-ring (bicyclic) bond motifs is 2. The smallest absolute Gasteiger partial charge is 0.163 e. The first-order valence-electron chi connectivity index (χ1n) is 12.5. The number of hydrogen-bond donors (Lipinski definition) is 1. The molecule has 3 nitrogen and oxygen atoms in total. The zero-order valence-corrected chi connectivity index (χ0v) is 21.8. The highest BCUT2D eigenvalue weighted by atomic mass is 16.5. The number of ketones is 1. The van der Waals surface area contributed by atoms with E-state index in [1.165, 1.54) is 16.5 Å². The molecule has 2 aliphatic rings. The van der Waals surface area contributed by atoms with Crippen LogP contribution in [-0.2, 0) is 15.6 Å². The number of nitrogens with one attached hydrogen (secondary N) is 1. The van der Waals surface area contributed by atoms with Crippen LogP contribution in [0.4, 0.5) is 0 Å². The molecule has 0 bridgehead atoms. The van der Waals surface area contributed by atoms with E-state index in [2.05, 4.69) is 103 Å². The largest absolute Gasteiger partial charge is 0.461 e. The molecule has 0 saturated carbocycles. The van der Waals surface area contributed by atoms with Gasteiger partial charge in [0, 0.05) is 52.6 Å². The standard InChI is InChI=1S/C31H37NO2/c1-29(2,3)18-13-20-26(21-17-32-23-12-10-9-11-19(21)23)27-24(33)15-31(7,8)16-25(27)34-28(20)22(14-18)30(4,5)6/h9-14,17,26,32H,15-16H2,1-8H3. The van der Waals surface area contributed by atoms with Crippen LogP contribution in [0.2, 0.25) is 0 Å². The van der Waals surface area contributed by atoms with Crippen LogP contribution < -0.4 is 4.74 Å². The number of allylic oxidation sites excluding steroid dienone is 2. The molecule has 5 rings (SSSR count). The van der Waals surface area contributed by atoms with Gasteiger partial charge in [0.05, 0.1) is 0 Å². The molecule has 1 aliphatic carbocycles. The normalized spacial score (nSPS) is 20.2. The van der Waals surface area contributed by atoms with Gasteiger partial charge in [-0.15, -0.1) is 0 Å². The van der Waals surface area contributed by atoms with Crippen LogP contribution in [0.15, 0.2) is 53.9 Å². The summed E-state index contributed by atoms with van der Waals surface area (Å²) in [4.78, 5) is 17.2. The Morgan fingerprint density at radius 3 is 2.32 bits per heavy atom. The number of ether oxygens (including phenoxy) is 1. The van der Waals surface area contributed by atoms with Crippen LogP contribution in [0.3, 0.4) is 0 Å². The predicted molar refractivity (Wildman–Crippen MR) is 140 cm³/mol. The van der Waals surface area contributed by atoms with E-state index < -0.39 is 0 Å². The maximum atomic E-state index is 13.7. The van der Waals surface area contributed by atoms with E-state index in [9.17, 15) is 4.79 Å². The minimum Gasteiger partial charge on any atom is -0.461 e. The average molecular weight is 456 g/mol. The fourth-order valence-corrected chi connectivity index (χ4v) is 5.60. The van der Waals surface area contributed by atoms with Crippen LogP contribution in [0.5, 0.6) is 5.75 Å². The third kappa shape index (κ3) is 3.70. The lowest BCUT2D eigenvalue weighted by atomic mass is 9.68. The van der Waals surface area contributed by atoms with Gasteiger partial charge in [-0.2, -0.15) is 0 Å².